The van der Waals surface area contributed by atoms with Gasteiger partial charge in [0, 0.05) is 0 Å². The van der Waals surface area contributed by atoms with Crippen LogP contribution in [0, 0.1) is 0 Å². The molecule has 5 nitrogen and oxygen atoms in total. The largest absolute Gasteiger partial charge is 0.512 e. The van der Waals surface area contributed by atoms with E-state index in [1.54, 1.807) is 6.07 Å². The van der Waals surface area contributed by atoms with Gasteiger partial charge in [0.05, 0.1) is 16.3 Å². The summed E-state index contributed by atoms with van der Waals surface area (Å²) in [6, 6.07) is 5.26. The lowest BCUT2D eigenvalue weighted by atomic mass is 10.3. The van der Waals surface area contributed by atoms with Crippen molar-refractivity contribution >= 4 is 34.8 Å². The minimum absolute atomic E-state index is 0.00675. The van der Waals surface area contributed by atoms with Crippen LogP contribution in [0.2, 0.25) is 5.02 Å². The SMILES string of the molecule is Nc1cc(-c2cccs2)nc(OC(=O)O)c1Cl. The fraction of sp³-hybridized carbons (Fsp3) is 0. The number of anilines is 1. The number of ether oxygens (including phenoxy) is 1. The highest BCUT2D eigenvalue weighted by Crippen LogP contribution is 2.34. The zero-order valence-corrected chi connectivity index (χ0v) is 9.96. The Labute approximate surface area is 105 Å². The summed E-state index contributed by atoms with van der Waals surface area (Å²) in [5.41, 5.74) is 6.41. The van der Waals surface area contributed by atoms with E-state index in [9.17, 15) is 4.79 Å². The first-order chi connectivity index (χ1) is 8.08. The summed E-state index contributed by atoms with van der Waals surface area (Å²) < 4.78 is 4.46. The second-order valence-electron chi connectivity index (χ2n) is 3.06. The van der Waals surface area contributed by atoms with Crippen LogP contribution >= 0.6 is 22.9 Å². The molecular weight excluding hydrogens is 264 g/mol. The van der Waals surface area contributed by atoms with Crippen molar-refractivity contribution < 1.29 is 14.6 Å². The monoisotopic (exact) mass is 270 g/mol. The Hall–Kier alpha value is -1.79. The fourth-order valence-electron chi connectivity index (χ4n) is 1.23. The molecule has 0 atom stereocenters. The van der Waals surface area contributed by atoms with Crippen LogP contribution in [0.15, 0.2) is 23.6 Å². The predicted octanol–water partition coefficient (Wildman–Crippen LogP) is 3.10. The Morgan fingerprint density at radius 2 is 2.35 bits per heavy atom. The van der Waals surface area contributed by atoms with Gasteiger partial charge in [-0.15, -0.1) is 11.3 Å². The molecule has 0 aliphatic heterocycles. The summed E-state index contributed by atoms with van der Waals surface area (Å²) >= 11 is 7.25. The van der Waals surface area contributed by atoms with Crippen molar-refractivity contribution in [1.29, 1.82) is 0 Å². The third kappa shape index (κ3) is 2.48. The lowest BCUT2D eigenvalue weighted by Crippen LogP contribution is -2.06. The predicted molar refractivity (Wildman–Crippen MR) is 65.6 cm³/mol. The molecule has 0 spiro atoms. The van der Waals surface area contributed by atoms with Crippen LogP contribution in [0.3, 0.4) is 0 Å². The van der Waals surface area contributed by atoms with E-state index in [0.29, 0.717) is 5.69 Å². The first-order valence-corrected chi connectivity index (χ1v) is 5.74. The maximum absolute atomic E-state index is 10.5. The van der Waals surface area contributed by atoms with Gasteiger partial charge in [0.25, 0.3) is 0 Å². The minimum Gasteiger partial charge on any atom is -0.449 e. The van der Waals surface area contributed by atoms with Crippen LogP contribution in [0.5, 0.6) is 5.88 Å². The summed E-state index contributed by atoms with van der Waals surface area (Å²) in [7, 11) is 0. The second kappa shape index (κ2) is 4.60. The molecule has 0 bridgehead atoms. The Balaban J connectivity index is 2.49. The van der Waals surface area contributed by atoms with Crippen molar-refractivity contribution in [2.24, 2.45) is 0 Å². The maximum atomic E-state index is 10.5. The van der Waals surface area contributed by atoms with E-state index in [1.165, 1.54) is 11.3 Å². The van der Waals surface area contributed by atoms with Crippen molar-refractivity contribution in [3.05, 3.63) is 28.6 Å². The van der Waals surface area contributed by atoms with Gasteiger partial charge in [-0.1, -0.05) is 17.7 Å². The summed E-state index contributed by atoms with van der Waals surface area (Å²) in [6.45, 7) is 0. The number of halogens is 1. The van der Waals surface area contributed by atoms with E-state index >= 15 is 0 Å². The number of nitrogens with zero attached hydrogens (tertiary/aromatic N) is 1. The maximum Gasteiger partial charge on any atom is 0.512 e. The molecule has 2 heterocycles. The van der Waals surface area contributed by atoms with Gasteiger partial charge < -0.3 is 15.6 Å². The minimum atomic E-state index is -1.48. The highest BCUT2D eigenvalue weighted by atomic mass is 35.5. The van der Waals surface area contributed by atoms with Gasteiger partial charge >= 0.3 is 6.16 Å². The molecule has 2 aromatic rings. The molecule has 7 heteroatoms. The van der Waals surface area contributed by atoms with Crippen LogP contribution < -0.4 is 10.5 Å². The van der Waals surface area contributed by atoms with Crippen molar-refractivity contribution in [3.8, 4) is 16.5 Å². The van der Waals surface area contributed by atoms with E-state index in [-0.39, 0.29) is 16.6 Å². The third-order valence-corrected chi connectivity index (χ3v) is 3.19. The molecule has 3 N–H and O–H groups in total. The quantitative estimate of drug-likeness (QED) is 0.819. The lowest BCUT2D eigenvalue weighted by molar-refractivity contribution is 0.142. The Kier molecular flexibility index (Phi) is 3.16. The molecule has 0 aliphatic rings. The molecule has 0 radical (unpaired) electrons. The number of carbonyl (C=O) groups is 1. The highest BCUT2D eigenvalue weighted by molar-refractivity contribution is 7.13. The average Bonchev–Trinajstić information content (AvgIpc) is 2.77. The van der Waals surface area contributed by atoms with Crippen molar-refractivity contribution in [2.75, 3.05) is 5.73 Å². The first-order valence-electron chi connectivity index (χ1n) is 4.48. The van der Waals surface area contributed by atoms with E-state index < -0.39 is 6.16 Å². The molecule has 0 amide bonds. The Morgan fingerprint density at radius 1 is 1.59 bits per heavy atom. The standard InChI is InChI=1S/C10H7ClN2O3S/c11-8-5(12)4-6(7-2-1-3-17-7)13-9(8)16-10(14)15/h1-4H,(H2,12,13)(H,14,15). The Bertz CT molecular complexity index is 557. The molecule has 0 saturated carbocycles. The zero-order valence-electron chi connectivity index (χ0n) is 8.38. The van der Waals surface area contributed by atoms with E-state index in [0.717, 1.165) is 4.88 Å². The average molecular weight is 271 g/mol. The number of aromatic nitrogens is 1. The van der Waals surface area contributed by atoms with Crippen molar-refractivity contribution in [1.82, 2.24) is 4.98 Å². The van der Waals surface area contributed by atoms with Gasteiger partial charge in [0.1, 0.15) is 5.02 Å². The van der Waals surface area contributed by atoms with Gasteiger partial charge in [-0.05, 0) is 17.5 Å². The number of nitrogen functional groups attached to an aromatic ring is 1. The molecule has 0 fully saturated rings. The van der Waals surface area contributed by atoms with Gasteiger partial charge in [0.2, 0.25) is 5.88 Å². The van der Waals surface area contributed by atoms with E-state index in [1.807, 2.05) is 17.5 Å². The number of thiophene rings is 1. The van der Waals surface area contributed by atoms with Crippen LogP contribution in [-0.4, -0.2) is 16.2 Å². The molecule has 0 aromatic carbocycles. The molecular formula is C10H7ClN2O3S. The molecule has 17 heavy (non-hydrogen) atoms. The van der Waals surface area contributed by atoms with E-state index in [4.69, 9.17) is 22.4 Å². The number of rotatable bonds is 2. The zero-order chi connectivity index (χ0) is 12.4. The smallest absolute Gasteiger partial charge is 0.449 e. The van der Waals surface area contributed by atoms with Crippen LogP contribution in [0.1, 0.15) is 0 Å². The topological polar surface area (TPSA) is 85.4 Å². The second-order valence-corrected chi connectivity index (χ2v) is 4.39. The lowest BCUT2D eigenvalue weighted by Gasteiger charge is -2.06. The molecule has 0 unspecified atom stereocenters. The fourth-order valence-corrected chi connectivity index (χ4v) is 2.05. The van der Waals surface area contributed by atoms with Crippen molar-refractivity contribution in [3.63, 3.8) is 0 Å². The summed E-state index contributed by atoms with van der Waals surface area (Å²) in [5, 5.41) is 10.4. The van der Waals surface area contributed by atoms with Gasteiger partial charge in [0.15, 0.2) is 0 Å². The normalized spacial score (nSPS) is 10.2. The van der Waals surface area contributed by atoms with Crippen LogP contribution in [-0.2, 0) is 0 Å². The summed E-state index contributed by atoms with van der Waals surface area (Å²) in [6.07, 6.45) is -1.48. The Morgan fingerprint density at radius 3 is 2.94 bits per heavy atom. The summed E-state index contributed by atoms with van der Waals surface area (Å²) in [5.74, 6) is -0.206. The van der Waals surface area contributed by atoms with Gasteiger partial charge in [-0.25, -0.2) is 9.78 Å². The third-order valence-electron chi connectivity index (χ3n) is 1.91. The van der Waals surface area contributed by atoms with Crippen LogP contribution in [0.4, 0.5) is 10.5 Å². The highest BCUT2D eigenvalue weighted by Gasteiger charge is 2.14. The number of pyridine rings is 1. The molecule has 2 rings (SSSR count). The van der Waals surface area contributed by atoms with Gasteiger partial charge in [-0.3, -0.25) is 0 Å². The molecule has 2 aromatic heterocycles. The van der Waals surface area contributed by atoms with Gasteiger partial charge in [-0.2, -0.15) is 0 Å². The molecule has 0 aliphatic carbocycles. The number of hydrogen-bond acceptors (Lipinski definition) is 5. The molecule has 88 valence electrons. The van der Waals surface area contributed by atoms with Crippen LogP contribution in [0.25, 0.3) is 10.6 Å². The molecule has 0 saturated heterocycles. The number of nitrogens with two attached hydrogens (primary N) is 1. The van der Waals surface area contributed by atoms with Crippen molar-refractivity contribution in [2.45, 2.75) is 0 Å². The number of hydrogen-bond donors (Lipinski definition) is 2. The first kappa shape index (κ1) is 11.7. The van der Waals surface area contributed by atoms with E-state index in [2.05, 4.69) is 9.72 Å². The number of carboxylic acid groups (broad SMARTS) is 1. The summed E-state index contributed by atoms with van der Waals surface area (Å²) in [4.78, 5) is 15.3.